The van der Waals surface area contributed by atoms with E-state index in [1.807, 2.05) is 24.3 Å². The first kappa shape index (κ1) is 13.5. The summed E-state index contributed by atoms with van der Waals surface area (Å²) in [6.07, 6.45) is 0. The highest BCUT2D eigenvalue weighted by Gasteiger charge is 2.07. The average molecular weight is 323 g/mol. The molecule has 0 aliphatic rings. The standard InChI is InChI=1S/C13H11BrN2O3/c1-19-13(18)8-16-12(17)6-5-11(15-16)9-3-2-4-10(14)7-9/h2-7H,8H2,1H3. The van der Waals surface area contributed by atoms with Gasteiger partial charge in [0.15, 0.2) is 0 Å². The minimum absolute atomic E-state index is 0.197. The highest BCUT2D eigenvalue weighted by Crippen LogP contribution is 2.20. The van der Waals surface area contributed by atoms with Gasteiger partial charge in [0.25, 0.3) is 5.56 Å². The van der Waals surface area contributed by atoms with Gasteiger partial charge in [0.2, 0.25) is 0 Å². The van der Waals surface area contributed by atoms with E-state index in [1.165, 1.54) is 13.2 Å². The third kappa shape index (κ3) is 3.29. The fourth-order valence-corrected chi connectivity index (χ4v) is 1.95. The van der Waals surface area contributed by atoms with Crippen LogP contribution in [0.2, 0.25) is 0 Å². The number of aromatic nitrogens is 2. The number of esters is 1. The van der Waals surface area contributed by atoms with Crippen molar-refractivity contribution in [3.63, 3.8) is 0 Å². The molecule has 0 fully saturated rings. The van der Waals surface area contributed by atoms with Crippen LogP contribution in [0, 0.1) is 0 Å². The molecule has 0 saturated heterocycles. The predicted molar refractivity (Wildman–Crippen MR) is 73.6 cm³/mol. The first-order chi connectivity index (χ1) is 9.10. The van der Waals surface area contributed by atoms with E-state index in [0.717, 1.165) is 14.7 Å². The average Bonchev–Trinajstić information content (AvgIpc) is 2.41. The number of carbonyl (C=O) groups is 1. The molecule has 2 rings (SSSR count). The molecule has 6 heteroatoms. The lowest BCUT2D eigenvalue weighted by Gasteiger charge is -2.06. The van der Waals surface area contributed by atoms with Gasteiger partial charge in [-0.3, -0.25) is 9.59 Å². The van der Waals surface area contributed by atoms with Crippen molar-refractivity contribution in [2.24, 2.45) is 0 Å². The molecular weight excluding hydrogens is 312 g/mol. The molecular formula is C13H11BrN2O3. The van der Waals surface area contributed by atoms with Crippen LogP contribution in [0.25, 0.3) is 11.3 Å². The molecule has 0 unspecified atom stereocenters. The lowest BCUT2D eigenvalue weighted by molar-refractivity contribution is -0.141. The molecule has 5 nitrogen and oxygen atoms in total. The smallest absolute Gasteiger partial charge is 0.327 e. The predicted octanol–water partition coefficient (Wildman–Crippen LogP) is 1.85. The van der Waals surface area contributed by atoms with Gasteiger partial charge in [0.1, 0.15) is 6.54 Å². The summed E-state index contributed by atoms with van der Waals surface area (Å²) in [6.45, 7) is -0.197. The van der Waals surface area contributed by atoms with E-state index in [0.29, 0.717) is 5.69 Å². The van der Waals surface area contributed by atoms with Crippen molar-refractivity contribution in [1.82, 2.24) is 9.78 Å². The van der Waals surface area contributed by atoms with Crippen molar-refractivity contribution in [1.29, 1.82) is 0 Å². The monoisotopic (exact) mass is 322 g/mol. The normalized spacial score (nSPS) is 10.2. The number of hydrogen-bond donors (Lipinski definition) is 0. The summed E-state index contributed by atoms with van der Waals surface area (Å²) in [5.41, 5.74) is 1.13. The van der Waals surface area contributed by atoms with Crippen LogP contribution in [-0.2, 0) is 16.1 Å². The fourth-order valence-electron chi connectivity index (χ4n) is 1.55. The van der Waals surface area contributed by atoms with Gasteiger partial charge in [-0.15, -0.1) is 0 Å². The second kappa shape index (κ2) is 5.79. The van der Waals surface area contributed by atoms with Gasteiger partial charge in [0.05, 0.1) is 12.8 Å². The van der Waals surface area contributed by atoms with E-state index in [1.54, 1.807) is 6.07 Å². The van der Waals surface area contributed by atoms with E-state index in [4.69, 9.17) is 0 Å². The van der Waals surface area contributed by atoms with Crippen LogP contribution < -0.4 is 5.56 Å². The zero-order valence-electron chi connectivity index (χ0n) is 10.2. The van der Waals surface area contributed by atoms with E-state index in [-0.39, 0.29) is 12.1 Å². The SMILES string of the molecule is COC(=O)Cn1nc(-c2cccc(Br)c2)ccc1=O. The zero-order valence-corrected chi connectivity index (χ0v) is 11.8. The largest absolute Gasteiger partial charge is 0.468 e. The molecule has 0 spiro atoms. The van der Waals surface area contributed by atoms with Crippen LogP contribution in [0.5, 0.6) is 0 Å². The maximum atomic E-state index is 11.6. The Kier molecular flexibility index (Phi) is 4.11. The topological polar surface area (TPSA) is 61.2 Å². The van der Waals surface area contributed by atoms with Gasteiger partial charge < -0.3 is 4.74 Å². The summed E-state index contributed by atoms with van der Waals surface area (Å²) >= 11 is 3.37. The Morgan fingerprint density at radius 3 is 2.84 bits per heavy atom. The fraction of sp³-hybridized carbons (Fsp3) is 0.154. The number of benzene rings is 1. The summed E-state index contributed by atoms with van der Waals surface area (Å²) in [4.78, 5) is 22.8. The number of halogens is 1. The summed E-state index contributed by atoms with van der Waals surface area (Å²) in [5, 5.41) is 4.15. The highest BCUT2D eigenvalue weighted by molar-refractivity contribution is 9.10. The molecule has 0 saturated carbocycles. The third-order valence-corrected chi connectivity index (χ3v) is 2.99. The third-order valence-electron chi connectivity index (χ3n) is 2.49. The van der Waals surface area contributed by atoms with Crippen LogP contribution >= 0.6 is 15.9 Å². The molecule has 1 aromatic heterocycles. The van der Waals surface area contributed by atoms with Crippen molar-refractivity contribution in [2.45, 2.75) is 6.54 Å². The number of ether oxygens (including phenoxy) is 1. The quantitative estimate of drug-likeness (QED) is 0.809. The second-order valence-electron chi connectivity index (χ2n) is 3.80. The van der Waals surface area contributed by atoms with Gasteiger partial charge in [0, 0.05) is 16.1 Å². The van der Waals surface area contributed by atoms with Gasteiger partial charge in [-0.25, -0.2) is 4.68 Å². The summed E-state index contributed by atoms with van der Waals surface area (Å²) < 4.78 is 6.53. The van der Waals surface area contributed by atoms with E-state index in [2.05, 4.69) is 25.8 Å². The minimum atomic E-state index is -0.513. The van der Waals surface area contributed by atoms with Crippen LogP contribution in [0.4, 0.5) is 0 Å². The second-order valence-corrected chi connectivity index (χ2v) is 4.72. The van der Waals surface area contributed by atoms with E-state index < -0.39 is 5.97 Å². The Morgan fingerprint density at radius 1 is 1.37 bits per heavy atom. The van der Waals surface area contributed by atoms with Crippen molar-refractivity contribution < 1.29 is 9.53 Å². The molecule has 0 N–H and O–H groups in total. The van der Waals surface area contributed by atoms with Crippen LogP contribution in [0.1, 0.15) is 0 Å². The molecule has 0 aliphatic carbocycles. The Labute approximate surface area is 118 Å². The molecule has 0 radical (unpaired) electrons. The Hall–Kier alpha value is -1.95. The zero-order chi connectivity index (χ0) is 13.8. The first-order valence-corrected chi connectivity index (χ1v) is 6.30. The van der Waals surface area contributed by atoms with Gasteiger partial charge >= 0.3 is 5.97 Å². The van der Waals surface area contributed by atoms with Crippen molar-refractivity contribution in [2.75, 3.05) is 7.11 Å². The molecule has 19 heavy (non-hydrogen) atoms. The molecule has 0 atom stereocenters. The Morgan fingerprint density at radius 2 is 2.16 bits per heavy atom. The summed E-state index contributed by atoms with van der Waals surface area (Å²) in [5.74, 6) is -0.513. The number of hydrogen-bond acceptors (Lipinski definition) is 4. The van der Waals surface area contributed by atoms with Crippen LogP contribution in [0.15, 0.2) is 45.7 Å². The molecule has 0 aliphatic heterocycles. The Balaban J connectivity index is 2.41. The number of methoxy groups -OCH3 is 1. The molecule has 1 heterocycles. The van der Waals surface area contributed by atoms with Gasteiger partial charge in [-0.1, -0.05) is 28.1 Å². The maximum absolute atomic E-state index is 11.6. The van der Waals surface area contributed by atoms with Crippen LogP contribution in [-0.4, -0.2) is 22.9 Å². The Bertz CT molecular complexity index is 667. The summed E-state index contributed by atoms with van der Waals surface area (Å²) in [6, 6.07) is 10.5. The summed E-state index contributed by atoms with van der Waals surface area (Å²) in [7, 11) is 1.27. The van der Waals surface area contributed by atoms with Gasteiger partial charge in [-0.2, -0.15) is 5.10 Å². The van der Waals surface area contributed by atoms with Crippen molar-refractivity contribution in [3.8, 4) is 11.3 Å². The molecule has 2 aromatic rings. The molecule has 98 valence electrons. The van der Waals surface area contributed by atoms with Crippen molar-refractivity contribution in [3.05, 3.63) is 51.2 Å². The van der Waals surface area contributed by atoms with E-state index in [9.17, 15) is 9.59 Å². The number of nitrogens with zero attached hydrogens (tertiary/aromatic N) is 2. The number of rotatable bonds is 3. The van der Waals surface area contributed by atoms with Gasteiger partial charge in [-0.05, 0) is 18.2 Å². The lowest BCUT2D eigenvalue weighted by Crippen LogP contribution is -2.26. The lowest BCUT2D eigenvalue weighted by atomic mass is 10.1. The maximum Gasteiger partial charge on any atom is 0.327 e. The van der Waals surface area contributed by atoms with E-state index >= 15 is 0 Å². The highest BCUT2D eigenvalue weighted by atomic mass is 79.9. The van der Waals surface area contributed by atoms with Crippen molar-refractivity contribution >= 4 is 21.9 Å². The molecule has 0 amide bonds. The first-order valence-electron chi connectivity index (χ1n) is 5.51. The van der Waals surface area contributed by atoms with Crippen LogP contribution in [0.3, 0.4) is 0 Å². The number of carbonyl (C=O) groups excluding carboxylic acids is 1. The molecule has 0 bridgehead atoms. The minimum Gasteiger partial charge on any atom is -0.468 e. The molecule has 1 aromatic carbocycles.